The second-order valence-corrected chi connectivity index (χ2v) is 5.97. The van der Waals surface area contributed by atoms with Gasteiger partial charge in [0.1, 0.15) is 0 Å². The van der Waals surface area contributed by atoms with Gasteiger partial charge in [-0.2, -0.15) is 13.2 Å². The number of β-amino-alcohol motifs (C(OH)–C–C–N with tert-alkyl or cyclic N) is 1. The van der Waals surface area contributed by atoms with Gasteiger partial charge in [-0.3, -0.25) is 4.90 Å². The Kier molecular flexibility index (Phi) is 4.94. The van der Waals surface area contributed by atoms with Gasteiger partial charge in [-0.25, -0.2) is 0 Å². The van der Waals surface area contributed by atoms with E-state index in [-0.39, 0.29) is 18.1 Å². The summed E-state index contributed by atoms with van der Waals surface area (Å²) in [5.41, 5.74) is -0.0186. The smallest absolute Gasteiger partial charge is 0.395 e. The molecule has 2 N–H and O–H groups in total. The van der Waals surface area contributed by atoms with Crippen LogP contribution >= 0.6 is 0 Å². The van der Waals surface area contributed by atoms with Gasteiger partial charge in [0.25, 0.3) is 0 Å². The van der Waals surface area contributed by atoms with Crippen LogP contribution in [-0.2, 0) is 4.74 Å². The fourth-order valence-electron chi connectivity index (χ4n) is 3.25. The van der Waals surface area contributed by atoms with Crippen molar-refractivity contribution in [3.05, 3.63) is 0 Å². The molecule has 4 nitrogen and oxygen atoms in total. The highest BCUT2D eigenvalue weighted by Crippen LogP contribution is 2.41. The summed E-state index contributed by atoms with van der Waals surface area (Å²) in [6, 6.07) is -0.291. The third-order valence-corrected chi connectivity index (χ3v) is 4.61. The number of piperidine rings is 1. The zero-order valence-electron chi connectivity index (χ0n) is 11.4. The predicted molar refractivity (Wildman–Crippen MR) is 66.2 cm³/mol. The average Bonchev–Trinajstić information content (AvgIpc) is 2.39. The maximum absolute atomic E-state index is 12.5. The van der Waals surface area contributed by atoms with Gasteiger partial charge in [0.2, 0.25) is 0 Å². The Morgan fingerprint density at radius 2 is 1.90 bits per heavy atom. The number of rotatable bonds is 3. The number of halogens is 3. The van der Waals surface area contributed by atoms with Gasteiger partial charge < -0.3 is 14.9 Å². The minimum atomic E-state index is -4.61. The van der Waals surface area contributed by atoms with Crippen molar-refractivity contribution in [3.8, 4) is 0 Å². The molecule has 2 unspecified atom stereocenters. The Hall–Kier alpha value is -0.370. The monoisotopic (exact) mass is 297 g/mol. The molecule has 2 saturated heterocycles. The lowest BCUT2D eigenvalue weighted by molar-refractivity contribution is -0.213. The van der Waals surface area contributed by atoms with Crippen molar-refractivity contribution in [1.29, 1.82) is 0 Å². The van der Waals surface area contributed by atoms with Gasteiger partial charge >= 0.3 is 6.18 Å². The topological polar surface area (TPSA) is 52.9 Å². The lowest BCUT2D eigenvalue weighted by Crippen LogP contribution is -2.55. The van der Waals surface area contributed by atoms with Gasteiger partial charge in [0, 0.05) is 32.3 Å². The van der Waals surface area contributed by atoms with Crippen LogP contribution in [-0.4, -0.2) is 66.3 Å². The second-order valence-electron chi connectivity index (χ2n) is 5.97. The lowest BCUT2D eigenvalue weighted by Gasteiger charge is -2.48. The first-order valence-corrected chi connectivity index (χ1v) is 7.04. The molecule has 118 valence electrons. The number of ether oxygens (including phenoxy) is 1. The van der Waals surface area contributed by atoms with E-state index in [1.54, 1.807) is 4.90 Å². The molecule has 2 rings (SSSR count). The zero-order valence-corrected chi connectivity index (χ0v) is 11.4. The van der Waals surface area contributed by atoms with Crippen LogP contribution in [0.1, 0.15) is 25.7 Å². The van der Waals surface area contributed by atoms with Gasteiger partial charge in [0.15, 0.2) is 6.10 Å². The number of alkyl halides is 3. The molecule has 7 heteroatoms. The molecule has 2 heterocycles. The van der Waals surface area contributed by atoms with E-state index in [2.05, 4.69) is 0 Å². The number of aliphatic hydroxyl groups is 2. The summed E-state index contributed by atoms with van der Waals surface area (Å²) < 4.78 is 42.9. The minimum Gasteiger partial charge on any atom is -0.395 e. The molecule has 2 aliphatic heterocycles. The SMILES string of the molecule is OCC1CCC2(CCOCC2)CN1CC(O)C(F)(F)F. The van der Waals surface area contributed by atoms with Crippen molar-refractivity contribution in [3.63, 3.8) is 0 Å². The van der Waals surface area contributed by atoms with Crippen LogP contribution in [0.3, 0.4) is 0 Å². The van der Waals surface area contributed by atoms with E-state index in [1.807, 2.05) is 0 Å². The molecule has 2 atom stereocenters. The molecular weight excluding hydrogens is 275 g/mol. The van der Waals surface area contributed by atoms with Gasteiger partial charge in [0.05, 0.1) is 6.61 Å². The Labute approximate surface area is 116 Å². The Morgan fingerprint density at radius 1 is 1.25 bits per heavy atom. The lowest BCUT2D eigenvalue weighted by atomic mass is 9.72. The quantitative estimate of drug-likeness (QED) is 0.821. The van der Waals surface area contributed by atoms with E-state index in [1.165, 1.54) is 0 Å². The van der Waals surface area contributed by atoms with E-state index < -0.39 is 18.8 Å². The molecule has 0 bridgehead atoms. The third-order valence-electron chi connectivity index (χ3n) is 4.61. The fourth-order valence-corrected chi connectivity index (χ4v) is 3.25. The predicted octanol–water partition coefficient (Wildman–Crippen LogP) is 1.16. The second kappa shape index (κ2) is 6.17. The van der Waals surface area contributed by atoms with Gasteiger partial charge in [-0.05, 0) is 31.1 Å². The maximum Gasteiger partial charge on any atom is 0.415 e. The molecule has 1 spiro atoms. The summed E-state index contributed by atoms with van der Waals surface area (Å²) in [5, 5.41) is 18.6. The van der Waals surface area contributed by atoms with Crippen molar-refractivity contribution in [2.24, 2.45) is 5.41 Å². The van der Waals surface area contributed by atoms with Crippen molar-refractivity contribution < 1.29 is 28.1 Å². The molecule has 0 aromatic rings. The average molecular weight is 297 g/mol. The van der Waals surface area contributed by atoms with Crippen LogP contribution in [0.5, 0.6) is 0 Å². The standard InChI is InChI=1S/C13H22F3NO3/c14-13(15,16)11(19)7-17-9-12(2-1-10(17)8-18)3-5-20-6-4-12/h10-11,18-19H,1-9H2. The van der Waals surface area contributed by atoms with Crippen LogP contribution < -0.4 is 0 Å². The molecule has 0 aliphatic carbocycles. The molecule has 0 radical (unpaired) electrons. The first-order chi connectivity index (χ1) is 9.36. The number of aliphatic hydroxyl groups excluding tert-OH is 2. The molecule has 2 aliphatic rings. The van der Waals surface area contributed by atoms with E-state index in [9.17, 15) is 23.4 Å². The van der Waals surface area contributed by atoms with Gasteiger partial charge in [-0.1, -0.05) is 0 Å². The Balaban J connectivity index is 2.02. The molecule has 0 amide bonds. The molecular formula is C13H22F3NO3. The molecule has 0 saturated carbocycles. The van der Waals surface area contributed by atoms with Crippen LogP contribution in [0.15, 0.2) is 0 Å². The number of hydrogen-bond donors (Lipinski definition) is 2. The van der Waals surface area contributed by atoms with E-state index in [0.717, 1.165) is 19.3 Å². The van der Waals surface area contributed by atoms with E-state index in [4.69, 9.17) is 4.74 Å². The molecule has 0 aromatic carbocycles. The molecule has 20 heavy (non-hydrogen) atoms. The number of likely N-dealkylation sites (tertiary alicyclic amines) is 1. The summed E-state index contributed by atoms with van der Waals surface area (Å²) in [5.74, 6) is 0. The highest BCUT2D eigenvalue weighted by molar-refractivity contribution is 4.93. The first-order valence-electron chi connectivity index (χ1n) is 7.04. The normalized spacial score (nSPS) is 29.6. The maximum atomic E-state index is 12.5. The van der Waals surface area contributed by atoms with Crippen molar-refractivity contribution in [1.82, 2.24) is 4.90 Å². The van der Waals surface area contributed by atoms with Crippen LogP contribution in [0.25, 0.3) is 0 Å². The highest BCUT2D eigenvalue weighted by Gasteiger charge is 2.44. The summed E-state index contributed by atoms with van der Waals surface area (Å²) >= 11 is 0. The van der Waals surface area contributed by atoms with Gasteiger partial charge in [-0.15, -0.1) is 0 Å². The summed E-state index contributed by atoms with van der Waals surface area (Å²) in [4.78, 5) is 1.60. The number of hydrogen-bond acceptors (Lipinski definition) is 4. The third kappa shape index (κ3) is 3.63. The van der Waals surface area contributed by atoms with Crippen molar-refractivity contribution >= 4 is 0 Å². The molecule has 2 fully saturated rings. The minimum absolute atomic E-state index is 0.0186. The van der Waals surface area contributed by atoms with Crippen LogP contribution in [0, 0.1) is 5.41 Å². The number of nitrogens with zero attached hydrogens (tertiary/aromatic N) is 1. The Bertz CT molecular complexity index is 318. The summed E-state index contributed by atoms with van der Waals surface area (Å²) in [7, 11) is 0. The van der Waals surface area contributed by atoms with E-state index in [0.29, 0.717) is 26.2 Å². The largest absolute Gasteiger partial charge is 0.415 e. The van der Waals surface area contributed by atoms with Crippen molar-refractivity contribution in [2.45, 2.75) is 44.0 Å². The van der Waals surface area contributed by atoms with Crippen LogP contribution in [0.2, 0.25) is 0 Å². The van der Waals surface area contributed by atoms with Crippen molar-refractivity contribution in [2.75, 3.05) is 32.9 Å². The van der Waals surface area contributed by atoms with E-state index >= 15 is 0 Å². The summed E-state index contributed by atoms with van der Waals surface area (Å²) in [6.07, 6.45) is -3.72. The summed E-state index contributed by atoms with van der Waals surface area (Å²) in [6.45, 7) is 1.14. The Morgan fingerprint density at radius 3 is 2.45 bits per heavy atom. The highest BCUT2D eigenvalue weighted by atomic mass is 19.4. The molecule has 0 aromatic heterocycles. The van der Waals surface area contributed by atoms with Crippen LogP contribution in [0.4, 0.5) is 13.2 Å². The first kappa shape index (κ1) is 16.0. The zero-order chi connectivity index (χ0) is 14.8. The fraction of sp³-hybridized carbons (Fsp3) is 1.00.